The first kappa shape index (κ1) is 25.8. The second-order valence-electron chi connectivity index (χ2n) is 9.18. The first-order chi connectivity index (χ1) is 18.9. The first-order valence-electron chi connectivity index (χ1n) is 12.5. The summed E-state index contributed by atoms with van der Waals surface area (Å²) in [7, 11) is 1.56. The summed E-state index contributed by atoms with van der Waals surface area (Å²) in [4.78, 5) is 45.4. The average Bonchev–Trinajstić information content (AvgIpc) is 3.36. The molecule has 0 aliphatic carbocycles. The molecule has 0 spiro atoms. The van der Waals surface area contributed by atoms with Crippen LogP contribution in [0.2, 0.25) is 0 Å². The van der Waals surface area contributed by atoms with E-state index < -0.39 is 17.1 Å². The first-order valence-corrected chi connectivity index (χ1v) is 12.5. The molecule has 3 heterocycles. The average molecular weight is 533 g/mol. The normalized spacial score (nSPS) is 17.1. The van der Waals surface area contributed by atoms with Crippen molar-refractivity contribution in [3.63, 3.8) is 0 Å². The molecule has 2 amide bonds. The molecule has 2 aliphatic heterocycles. The minimum Gasteiger partial charge on any atom is -0.497 e. The van der Waals surface area contributed by atoms with Gasteiger partial charge in [0.2, 0.25) is 0 Å². The molecule has 5 rings (SSSR count). The lowest BCUT2D eigenvalue weighted by atomic mass is 10.2. The Hall–Kier alpha value is -4.87. The number of carbonyl (C=O) groups excluding carboxylic acids is 2. The number of benzene rings is 2. The van der Waals surface area contributed by atoms with Crippen LogP contribution in [0.15, 0.2) is 66.9 Å². The molecule has 2 fully saturated rings. The number of cyclic esters (lactones) is 1. The summed E-state index contributed by atoms with van der Waals surface area (Å²) >= 11 is 0. The molecule has 1 aromatic heterocycles. The van der Waals surface area contributed by atoms with Crippen LogP contribution in [-0.4, -0.2) is 74.4 Å². The number of carbonyl (C=O) groups is 2. The van der Waals surface area contributed by atoms with Crippen molar-refractivity contribution in [1.29, 1.82) is 0 Å². The quantitative estimate of drug-likeness (QED) is 0.344. The highest BCUT2D eigenvalue weighted by Crippen LogP contribution is 2.26. The van der Waals surface area contributed by atoms with Crippen molar-refractivity contribution in [3.8, 4) is 5.75 Å². The van der Waals surface area contributed by atoms with Gasteiger partial charge < -0.3 is 24.6 Å². The predicted octanol–water partition coefficient (Wildman–Crippen LogP) is 3.08. The number of piperazine rings is 1. The van der Waals surface area contributed by atoms with E-state index in [0.29, 0.717) is 17.9 Å². The molecule has 1 N–H and O–H groups in total. The van der Waals surface area contributed by atoms with Gasteiger partial charge in [-0.15, -0.1) is 0 Å². The molecule has 1 atom stereocenters. The molecule has 2 aromatic carbocycles. The third-order valence-corrected chi connectivity index (χ3v) is 6.79. The van der Waals surface area contributed by atoms with Crippen LogP contribution < -0.4 is 24.8 Å². The smallest absolute Gasteiger partial charge is 0.414 e. The number of hydrogen-bond donors (Lipinski definition) is 1. The maximum absolute atomic E-state index is 12.5. The van der Waals surface area contributed by atoms with Crippen molar-refractivity contribution < 1.29 is 24.0 Å². The fraction of sp³-hybridized carbons (Fsp3) is 0.296. The van der Waals surface area contributed by atoms with E-state index in [1.807, 2.05) is 24.3 Å². The van der Waals surface area contributed by atoms with Crippen LogP contribution in [0, 0.1) is 10.1 Å². The highest BCUT2D eigenvalue weighted by Gasteiger charge is 2.32. The third-order valence-electron chi connectivity index (χ3n) is 6.79. The molecule has 12 heteroatoms. The Kier molecular flexibility index (Phi) is 7.43. The van der Waals surface area contributed by atoms with Gasteiger partial charge in [0.1, 0.15) is 23.9 Å². The predicted molar refractivity (Wildman–Crippen MR) is 145 cm³/mol. The molecule has 0 radical (unpaired) electrons. The zero-order chi connectivity index (χ0) is 27.4. The van der Waals surface area contributed by atoms with E-state index >= 15 is 0 Å². The number of nitro groups is 1. The van der Waals surface area contributed by atoms with Crippen LogP contribution in [0.4, 0.5) is 27.7 Å². The second-order valence-corrected chi connectivity index (χ2v) is 9.18. The number of amides is 2. The van der Waals surface area contributed by atoms with Gasteiger partial charge in [0.25, 0.3) is 11.6 Å². The van der Waals surface area contributed by atoms with Gasteiger partial charge in [-0.3, -0.25) is 19.8 Å². The van der Waals surface area contributed by atoms with Crippen LogP contribution in [0.3, 0.4) is 0 Å². The molecule has 0 bridgehead atoms. The molecule has 202 valence electrons. The number of methoxy groups -OCH3 is 1. The summed E-state index contributed by atoms with van der Waals surface area (Å²) < 4.78 is 10.6. The van der Waals surface area contributed by atoms with Crippen LogP contribution in [0.1, 0.15) is 10.4 Å². The number of anilines is 3. The van der Waals surface area contributed by atoms with Gasteiger partial charge >= 0.3 is 6.09 Å². The summed E-state index contributed by atoms with van der Waals surface area (Å²) in [6, 6.07) is 17.6. The lowest BCUT2D eigenvalue weighted by Gasteiger charge is -2.36. The zero-order valence-electron chi connectivity index (χ0n) is 21.4. The Morgan fingerprint density at radius 2 is 1.69 bits per heavy atom. The Labute approximate surface area is 224 Å². The summed E-state index contributed by atoms with van der Waals surface area (Å²) in [5, 5.41) is 13.7. The lowest BCUT2D eigenvalue weighted by molar-refractivity contribution is -0.385. The van der Waals surface area contributed by atoms with Gasteiger partial charge in [0, 0.05) is 49.2 Å². The standard InChI is InChI=1S/C27H28N6O6/c1-38-23-9-2-19(3-10-23)26(34)29-17-24-18-32(27(35)39-24)21-6-4-20(5-7-21)30-12-14-31(15-13-30)25-11-8-22(16-28-25)33(36)37/h2-11,16,24H,12-15,17-18H2,1H3,(H,29,34). The maximum Gasteiger partial charge on any atom is 0.414 e. The van der Waals surface area contributed by atoms with Crippen LogP contribution in [0.25, 0.3) is 0 Å². The zero-order valence-corrected chi connectivity index (χ0v) is 21.4. The molecule has 3 aromatic rings. The summed E-state index contributed by atoms with van der Waals surface area (Å²) in [5.74, 6) is 1.14. The summed E-state index contributed by atoms with van der Waals surface area (Å²) in [6.07, 6.45) is 0.375. The number of aromatic nitrogens is 1. The van der Waals surface area contributed by atoms with Crippen molar-refractivity contribution in [2.75, 3.05) is 61.1 Å². The van der Waals surface area contributed by atoms with Gasteiger partial charge in [-0.2, -0.15) is 0 Å². The van der Waals surface area contributed by atoms with E-state index in [9.17, 15) is 19.7 Å². The van der Waals surface area contributed by atoms with E-state index in [1.54, 1.807) is 42.3 Å². The largest absolute Gasteiger partial charge is 0.497 e. The number of rotatable bonds is 8. The molecular weight excluding hydrogens is 504 g/mol. The van der Waals surface area contributed by atoms with Gasteiger partial charge in [0.05, 0.1) is 25.1 Å². The Balaban J connectivity index is 1.12. The van der Waals surface area contributed by atoms with Crippen molar-refractivity contribution in [2.45, 2.75) is 6.10 Å². The van der Waals surface area contributed by atoms with Gasteiger partial charge in [-0.1, -0.05) is 0 Å². The molecule has 2 saturated heterocycles. The summed E-state index contributed by atoms with van der Waals surface area (Å²) in [6.45, 7) is 3.53. The minimum absolute atomic E-state index is 0.0241. The highest BCUT2D eigenvalue weighted by molar-refractivity contribution is 5.94. The van der Waals surface area contributed by atoms with E-state index in [0.717, 1.165) is 43.4 Å². The van der Waals surface area contributed by atoms with E-state index in [1.165, 1.54) is 12.3 Å². The molecular formula is C27H28N6O6. The van der Waals surface area contributed by atoms with E-state index in [4.69, 9.17) is 9.47 Å². The number of nitrogens with one attached hydrogen (secondary N) is 1. The maximum atomic E-state index is 12.5. The lowest BCUT2D eigenvalue weighted by Crippen LogP contribution is -2.46. The topological polar surface area (TPSA) is 130 Å². The Bertz CT molecular complexity index is 1320. The van der Waals surface area contributed by atoms with Crippen molar-refractivity contribution in [1.82, 2.24) is 10.3 Å². The van der Waals surface area contributed by atoms with E-state index in [-0.39, 0.29) is 18.1 Å². The summed E-state index contributed by atoms with van der Waals surface area (Å²) in [5.41, 5.74) is 2.23. The van der Waals surface area contributed by atoms with Crippen molar-refractivity contribution in [3.05, 3.63) is 82.5 Å². The minimum atomic E-state index is -0.458. The van der Waals surface area contributed by atoms with Crippen LogP contribution in [0.5, 0.6) is 5.75 Å². The van der Waals surface area contributed by atoms with Gasteiger partial charge in [-0.25, -0.2) is 9.78 Å². The second kappa shape index (κ2) is 11.3. The van der Waals surface area contributed by atoms with E-state index in [2.05, 4.69) is 20.1 Å². The van der Waals surface area contributed by atoms with Crippen LogP contribution >= 0.6 is 0 Å². The Morgan fingerprint density at radius 1 is 1.03 bits per heavy atom. The van der Waals surface area contributed by atoms with Crippen molar-refractivity contribution in [2.24, 2.45) is 0 Å². The molecule has 2 aliphatic rings. The molecule has 0 saturated carbocycles. The van der Waals surface area contributed by atoms with Gasteiger partial charge in [-0.05, 0) is 54.6 Å². The fourth-order valence-corrected chi connectivity index (χ4v) is 4.60. The Morgan fingerprint density at radius 3 is 2.31 bits per heavy atom. The van der Waals surface area contributed by atoms with Crippen molar-refractivity contribution >= 4 is 34.9 Å². The van der Waals surface area contributed by atoms with Crippen LogP contribution in [-0.2, 0) is 4.74 Å². The monoisotopic (exact) mass is 532 g/mol. The van der Waals surface area contributed by atoms with Gasteiger partial charge in [0.15, 0.2) is 0 Å². The number of pyridine rings is 1. The number of nitrogens with zero attached hydrogens (tertiary/aromatic N) is 5. The SMILES string of the molecule is COc1ccc(C(=O)NCC2CN(c3ccc(N4CCN(c5ccc([N+](=O)[O-])cn5)CC4)cc3)C(=O)O2)cc1. The molecule has 39 heavy (non-hydrogen) atoms. The number of hydrogen-bond acceptors (Lipinski definition) is 9. The fourth-order valence-electron chi connectivity index (χ4n) is 4.60. The third kappa shape index (κ3) is 5.84. The molecule has 1 unspecified atom stereocenters. The number of ether oxygens (including phenoxy) is 2. The highest BCUT2D eigenvalue weighted by atomic mass is 16.6. The molecule has 12 nitrogen and oxygen atoms in total.